The zero-order valence-electron chi connectivity index (χ0n) is 18.2. The van der Waals surface area contributed by atoms with Crippen LogP contribution in [0.3, 0.4) is 0 Å². The number of fused-ring (bicyclic) bond motifs is 1. The molecule has 0 radical (unpaired) electrons. The van der Waals surface area contributed by atoms with E-state index in [-0.39, 0.29) is 12.3 Å². The first-order valence-corrected chi connectivity index (χ1v) is 14.3. The number of nitrogens with one attached hydrogen (secondary N) is 3. The van der Waals surface area contributed by atoms with Crippen LogP contribution in [0, 0.1) is 5.92 Å². The van der Waals surface area contributed by atoms with E-state index in [1.54, 1.807) is 11.3 Å². The van der Waals surface area contributed by atoms with Crippen molar-refractivity contribution in [3.63, 3.8) is 0 Å². The maximum atomic E-state index is 12.5. The van der Waals surface area contributed by atoms with Crippen LogP contribution in [0.15, 0.2) is 12.1 Å². The summed E-state index contributed by atoms with van der Waals surface area (Å²) in [5.41, 5.74) is 0. The molecule has 0 unspecified atom stereocenters. The number of aryl methyl sites for hydroxylation is 1. The van der Waals surface area contributed by atoms with E-state index in [1.807, 2.05) is 13.0 Å². The molecule has 1 amide bonds. The third-order valence-corrected chi connectivity index (χ3v) is 9.41. The molecule has 1 aliphatic rings. The number of carbonyl (C=O) groups excluding carboxylic acids is 1. The minimum absolute atomic E-state index is 0.137. The summed E-state index contributed by atoms with van der Waals surface area (Å²) in [4.78, 5) is 25.8. The van der Waals surface area contributed by atoms with Gasteiger partial charge >= 0.3 is 5.97 Å². The van der Waals surface area contributed by atoms with E-state index in [0.717, 1.165) is 34.8 Å². The summed E-state index contributed by atoms with van der Waals surface area (Å²) in [6.45, 7) is 3.75. The zero-order chi connectivity index (χ0) is 23.1. The maximum absolute atomic E-state index is 12.5. The van der Waals surface area contributed by atoms with Gasteiger partial charge in [-0.15, -0.1) is 22.7 Å². The molecule has 0 bridgehead atoms. The molecule has 3 heterocycles. The van der Waals surface area contributed by atoms with Gasteiger partial charge in [0, 0.05) is 20.8 Å². The lowest BCUT2D eigenvalue weighted by atomic mass is 9.93. The lowest BCUT2D eigenvalue weighted by Crippen LogP contribution is -2.48. The molecule has 0 aromatic carbocycles. The quantitative estimate of drug-likeness (QED) is 0.354. The molecule has 4 N–H and O–H groups in total. The number of aliphatic carboxylic acids is 1. The highest BCUT2D eigenvalue weighted by Gasteiger charge is 2.25. The molecule has 1 saturated heterocycles. The van der Waals surface area contributed by atoms with Crippen molar-refractivity contribution in [1.82, 2.24) is 15.4 Å². The average molecular weight is 502 g/mol. The van der Waals surface area contributed by atoms with Gasteiger partial charge in [-0.2, -0.15) is 4.72 Å². The molecule has 1 fully saturated rings. The molecule has 178 valence electrons. The number of carboxylic acids is 1. The predicted molar refractivity (Wildman–Crippen MR) is 129 cm³/mol. The highest BCUT2D eigenvalue weighted by Crippen LogP contribution is 2.34. The fourth-order valence-electron chi connectivity index (χ4n) is 3.71. The van der Waals surface area contributed by atoms with Crippen molar-refractivity contribution >= 4 is 54.0 Å². The number of carboxylic acid groups (broad SMARTS) is 1. The fraction of sp³-hybridized carbons (Fsp3) is 0.619. The van der Waals surface area contributed by atoms with Crippen molar-refractivity contribution in [2.45, 2.75) is 51.5 Å². The largest absolute Gasteiger partial charge is 0.480 e. The molecule has 1 aliphatic heterocycles. The van der Waals surface area contributed by atoms with Crippen LogP contribution in [0.4, 0.5) is 0 Å². The smallest absolute Gasteiger partial charge is 0.323 e. The monoisotopic (exact) mass is 501 g/mol. The predicted octanol–water partition coefficient (Wildman–Crippen LogP) is 2.80. The number of thiophene rings is 2. The number of sulfonamides is 1. The van der Waals surface area contributed by atoms with Crippen molar-refractivity contribution in [3.05, 3.63) is 21.9 Å². The Morgan fingerprint density at radius 1 is 1.22 bits per heavy atom. The Hall–Kier alpha value is -1.53. The van der Waals surface area contributed by atoms with E-state index in [4.69, 9.17) is 0 Å². The van der Waals surface area contributed by atoms with Crippen LogP contribution in [0.25, 0.3) is 9.40 Å². The Kier molecular flexibility index (Phi) is 9.06. The SMILES string of the molecule is CCCCS(=O)(=O)N[C@@H](CNC(=O)c1cc2sc(CCC3CCNCC3)cc2s1)C(=O)O. The molecular weight excluding hydrogens is 470 g/mol. The van der Waals surface area contributed by atoms with Crippen molar-refractivity contribution in [1.29, 1.82) is 0 Å². The lowest BCUT2D eigenvalue weighted by Gasteiger charge is -2.22. The van der Waals surface area contributed by atoms with Crippen LogP contribution in [-0.4, -0.2) is 56.8 Å². The van der Waals surface area contributed by atoms with Gasteiger partial charge in [-0.3, -0.25) is 9.59 Å². The number of rotatable bonds is 12. The molecule has 3 rings (SSSR count). The molecule has 1 atom stereocenters. The first kappa shape index (κ1) is 25.1. The topological polar surface area (TPSA) is 125 Å². The van der Waals surface area contributed by atoms with Crippen molar-refractivity contribution in [2.24, 2.45) is 5.92 Å². The van der Waals surface area contributed by atoms with Gasteiger partial charge in [0.1, 0.15) is 6.04 Å². The Morgan fingerprint density at radius 2 is 1.94 bits per heavy atom. The van der Waals surface area contributed by atoms with Crippen LogP contribution in [-0.2, 0) is 21.2 Å². The third-order valence-electron chi connectivity index (χ3n) is 5.59. The third kappa shape index (κ3) is 7.24. The van der Waals surface area contributed by atoms with Gasteiger partial charge in [0.05, 0.1) is 10.6 Å². The Labute approximate surface area is 196 Å². The maximum Gasteiger partial charge on any atom is 0.323 e. The molecule has 0 spiro atoms. The number of unbranched alkanes of at least 4 members (excludes halogenated alkanes) is 1. The summed E-state index contributed by atoms with van der Waals surface area (Å²) < 4.78 is 28.3. The average Bonchev–Trinajstić information content (AvgIpc) is 3.33. The Bertz CT molecular complexity index is 993. The van der Waals surface area contributed by atoms with Crippen LogP contribution in [0.1, 0.15) is 53.6 Å². The molecule has 0 aliphatic carbocycles. The highest BCUT2D eigenvalue weighted by molar-refractivity contribution is 7.89. The van der Waals surface area contributed by atoms with Crippen LogP contribution in [0.2, 0.25) is 0 Å². The van der Waals surface area contributed by atoms with Crippen molar-refractivity contribution in [2.75, 3.05) is 25.4 Å². The lowest BCUT2D eigenvalue weighted by molar-refractivity contribution is -0.138. The van der Waals surface area contributed by atoms with Gasteiger partial charge in [-0.1, -0.05) is 13.3 Å². The summed E-state index contributed by atoms with van der Waals surface area (Å²) in [5, 5.41) is 15.3. The summed E-state index contributed by atoms with van der Waals surface area (Å²) in [6.07, 6.45) is 5.83. The first-order chi connectivity index (χ1) is 15.3. The van der Waals surface area contributed by atoms with Gasteiger partial charge < -0.3 is 15.7 Å². The van der Waals surface area contributed by atoms with Gasteiger partial charge in [0.2, 0.25) is 10.0 Å². The van der Waals surface area contributed by atoms with E-state index in [9.17, 15) is 23.1 Å². The second kappa shape index (κ2) is 11.6. The minimum Gasteiger partial charge on any atom is -0.480 e. The van der Waals surface area contributed by atoms with Crippen molar-refractivity contribution in [3.8, 4) is 0 Å². The molecule has 11 heteroatoms. The molecule has 8 nitrogen and oxygen atoms in total. The number of carbonyl (C=O) groups is 2. The number of hydrogen-bond acceptors (Lipinski definition) is 7. The van der Waals surface area contributed by atoms with Gasteiger partial charge in [-0.05, 0) is 63.2 Å². The molecule has 2 aromatic heterocycles. The molecule has 0 saturated carbocycles. The van der Waals surface area contributed by atoms with Crippen molar-refractivity contribution < 1.29 is 23.1 Å². The molecular formula is C21H31N3O5S3. The number of amides is 1. The first-order valence-electron chi connectivity index (χ1n) is 11.0. The van der Waals surface area contributed by atoms with Crippen LogP contribution in [0.5, 0.6) is 0 Å². The summed E-state index contributed by atoms with van der Waals surface area (Å²) in [6, 6.07) is 2.57. The summed E-state index contributed by atoms with van der Waals surface area (Å²) in [5.74, 6) is -1.08. The minimum atomic E-state index is -3.71. The number of piperidine rings is 1. The van der Waals surface area contributed by atoms with Gasteiger partial charge in [0.15, 0.2) is 0 Å². The number of hydrogen-bond donors (Lipinski definition) is 4. The highest BCUT2D eigenvalue weighted by atomic mass is 32.2. The van der Waals surface area contributed by atoms with Crippen LogP contribution < -0.4 is 15.4 Å². The zero-order valence-corrected chi connectivity index (χ0v) is 20.6. The van der Waals surface area contributed by atoms with E-state index < -0.39 is 27.9 Å². The van der Waals surface area contributed by atoms with Gasteiger partial charge in [0.25, 0.3) is 5.91 Å². The molecule has 32 heavy (non-hydrogen) atoms. The second-order valence-corrected chi connectivity index (χ2v) is 12.3. The Morgan fingerprint density at radius 3 is 2.59 bits per heavy atom. The van der Waals surface area contributed by atoms with E-state index in [0.29, 0.717) is 17.7 Å². The van der Waals surface area contributed by atoms with Crippen LogP contribution >= 0.6 is 22.7 Å². The van der Waals surface area contributed by atoms with E-state index in [2.05, 4.69) is 21.4 Å². The van der Waals surface area contributed by atoms with E-state index in [1.165, 1.54) is 35.5 Å². The Balaban J connectivity index is 1.54. The fourth-order valence-corrected chi connectivity index (χ4v) is 7.47. The normalized spacial score (nSPS) is 16.3. The second-order valence-electron chi connectivity index (χ2n) is 8.18. The van der Waals surface area contributed by atoms with E-state index >= 15 is 0 Å². The van der Waals surface area contributed by atoms with Gasteiger partial charge in [-0.25, -0.2) is 8.42 Å². The summed E-state index contributed by atoms with van der Waals surface area (Å²) >= 11 is 3.07. The standard InChI is InChI=1S/C21H31N3O5S3/c1-2-3-10-32(28,29)24-16(21(26)27)13-23-20(25)19-12-18-17(31-19)11-15(30-18)5-4-14-6-8-22-9-7-14/h11-12,14,16,22,24H,2-10,13H2,1H3,(H,23,25)(H,26,27)/t16-/m0/s1. The molecule has 2 aromatic rings. The summed E-state index contributed by atoms with van der Waals surface area (Å²) in [7, 11) is -3.71.